The Bertz CT molecular complexity index is 600. The minimum atomic E-state index is -0.459. The van der Waals surface area contributed by atoms with Gasteiger partial charge in [-0.15, -0.1) is 11.3 Å². The summed E-state index contributed by atoms with van der Waals surface area (Å²) in [6.45, 7) is 0.664. The van der Waals surface area contributed by atoms with Crippen molar-refractivity contribution in [1.29, 1.82) is 0 Å². The lowest BCUT2D eigenvalue weighted by Gasteiger charge is -2.07. The summed E-state index contributed by atoms with van der Waals surface area (Å²) in [6, 6.07) is 8.73. The molecule has 0 saturated heterocycles. The number of nitrogens with one attached hydrogen (secondary N) is 1. The van der Waals surface area contributed by atoms with Gasteiger partial charge in [-0.3, -0.25) is 10.1 Å². The van der Waals surface area contributed by atoms with Gasteiger partial charge in [0.25, 0.3) is 0 Å². The second-order valence-corrected chi connectivity index (χ2v) is 6.25. The van der Waals surface area contributed by atoms with Crippen LogP contribution < -0.4 is 10.1 Å². The normalized spacial score (nSPS) is 10.2. The van der Waals surface area contributed by atoms with E-state index in [1.54, 1.807) is 23.5 Å². The predicted octanol–water partition coefficient (Wildman–Crippen LogP) is 4.04. The van der Waals surface area contributed by atoms with Gasteiger partial charge in [-0.2, -0.15) is 0 Å². The van der Waals surface area contributed by atoms with Crippen molar-refractivity contribution in [3.63, 3.8) is 0 Å². The van der Waals surface area contributed by atoms with Crippen molar-refractivity contribution in [2.75, 3.05) is 12.4 Å². The van der Waals surface area contributed by atoms with Gasteiger partial charge in [0.1, 0.15) is 0 Å². The third-order valence-corrected chi connectivity index (χ3v) is 4.10. The predicted molar refractivity (Wildman–Crippen MR) is 79.0 cm³/mol. The highest BCUT2D eigenvalue weighted by molar-refractivity contribution is 9.11. The maximum absolute atomic E-state index is 10.8. The van der Waals surface area contributed by atoms with E-state index in [0.29, 0.717) is 6.54 Å². The number of halogens is 1. The van der Waals surface area contributed by atoms with Crippen LogP contribution >= 0.6 is 27.3 Å². The van der Waals surface area contributed by atoms with Gasteiger partial charge < -0.3 is 10.1 Å². The van der Waals surface area contributed by atoms with Gasteiger partial charge in [-0.25, -0.2) is 0 Å². The highest BCUT2D eigenvalue weighted by Gasteiger charge is 2.14. The van der Waals surface area contributed by atoms with Crippen molar-refractivity contribution in [3.05, 3.63) is 49.1 Å². The van der Waals surface area contributed by atoms with Crippen LogP contribution in [0.3, 0.4) is 0 Å². The molecule has 0 spiro atoms. The molecule has 0 saturated carbocycles. The van der Waals surface area contributed by atoms with Gasteiger partial charge in [-0.05, 0) is 34.1 Å². The first kappa shape index (κ1) is 13.8. The number of hydrogen-bond acceptors (Lipinski definition) is 5. The second kappa shape index (κ2) is 6.03. The molecule has 0 aliphatic carbocycles. The Morgan fingerprint density at radius 2 is 2.21 bits per heavy atom. The van der Waals surface area contributed by atoms with Gasteiger partial charge in [0, 0.05) is 29.2 Å². The Morgan fingerprint density at radius 3 is 2.79 bits per heavy atom. The first-order valence-electron chi connectivity index (χ1n) is 5.40. The summed E-state index contributed by atoms with van der Waals surface area (Å²) >= 11 is 5.04. The second-order valence-electron chi connectivity index (χ2n) is 3.70. The molecule has 0 atom stereocenters. The number of benzene rings is 1. The minimum Gasteiger partial charge on any atom is -0.490 e. The number of methoxy groups -OCH3 is 1. The molecule has 1 N–H and O–H groups in total. The van der Waals surface area contributed by atoms with E-state index in [2.05, 4.69) is 21.2 Å². The van der Waals surface area contributed by atoms with E-state index in [-0.39, 0.29) is 11.4 Å². The Hall–Kier alpha value is -1.60. The lowest BCUT2D eigenvalue weighted by molar-refractivity contribution is -0.385. The molecule has 2 rings (SSSR count). The molecule has 1 aromatic carbocycles. The summed E-state index contributed by atoms with van der Waals surface area (Å²) in [5.74, 6) is 0.252. The smallest absolute Gasteiger partial charge is 0.311 e. The Labute approximate surface area is 122 Å². The zero-order valence-corrected chi connectivity index (χ0v) is 12.5. The minimum absolute atomic E-state index is 0.0353. The molecule has 0 fully saturated rings. The topological polar surface area (TPSA) is 64.4 Å². The standard InChI is InChI=1S/C12H11BrN2O3S/c1-18-11-6-8(2-4-10(11)15(16)17)14-7-9-3-5-12(13)19-9/h2-6,14H,7H2,1H3. The Morgan fingerprint density at radius 1 is 1.42 bits per heavy atom. The third kappa shape index (κ3) is 3.45. The van der Waals surface area contributed by atoms with Crippen molar-refractivity contribution in [2.24, 2.45) is 0 Å². The van der Waals surface area contributed by atoms with Crippen molar-refractivity contribution < 1.29 is 9.66 Å². The number of nitro benzene ring substituents is 1. The van der Waals surface area contributed by atoms with Gasteiger partial charge in [0.15, 0.2) is 5.75 Å². The molecule has 0 aliphatic heterocycles. The molecule has 0 unspecified atom stereocenters. The summed E-state index contributed by atoms with van der Waals surface area (Å²) in [4.78, 5) is 11.5. The molecule has 0 aliphatic rings. The van der Waals surface area contributed by atoms with Crippen molar-refractivity contribution in [1.82, 2.24) is 0 Å². The number of anilines is 1. The van der Waals surface area contributed by atoms with E-state index in [0.717, 1.165) is 9.47 Å². The zero-order chi connectivity index (χ0) is 13.8. The van der Waals surface area contributed by atoms with Crippen LogP contribution in [0.25, 0.3) is 0 Å². The van der Waals surface area contributed by atoms with E-state index < -0.39 is 4.92 Å². The molecule has 1 aromatic heterocycles. The summed E-state index contributed by atoms with van der Waals surface area (Å²) in [5.41, 5.74) is 0.749. The average Bonchev–Trinajstić information content (AvgIpc) is 2.81. The van der Waals surface area contributed by atoms with Crippen LogP contribution in [0, 0.1) is 10.1 Å². The van der Waals surface area contributed by atoms with Crippen LogP contribution in [0.5, 0.6) is 5.75 Å². The summed E-state index contributed by atoms with van der Waals surface area (Å²) < 4.78 is 6.09. The molecule has 19 heavy (non-hydrogen) atoms. The van der Waals surface area contributed by atoms with Gasteiger partial charge >= 0.3 is 5.69 Å². The van der Waals surface area contributed by atoms with Crippen LogP contribution in [0.4, 0.5) is 11.4 Å². The molecule has 2 aromatic rings. The number of rotatable bonds is 5. The number of nitrogens with zero attached hydrogens (tertiary/aromatic N) is 1. The van der Waals surface area contributed by atoms with Gasteiger partial charge in [-0.1, -0.05) is 0 Å². The van der Waals surface area contributed by atoms with Crippen LogP contribution in [0.2, 0.25) is 0 Å². The molecule has 1 heterocycles. The van der Waals surface area contributed by atoms with E-state index >= 15 is 0 Å². The van der Waals surface area contributed by atoms with Crippen LogP contribution in [-0.2, 0) is 6.54 Å². The van der Waals surface area contributed by atoms with Crippen molar-refractivity contribution >= 4 is 38.6 Å². The van der Waals surface area contributed by atoms with Crippen molar-refractivity contribution in [2.45, 2.75) is 6.54 Å². The monoisotopic (exact) mass is 342 g/mol. The van der Waals surface area contributed by atoms with E-state index in [4.69, 9.17) is 4.74 Å². The van der Waals surface area contributed by atoms with Gasteiger partial charge in [0.2, 0.25) is 0 Å². The fraction of sp³-hybridized carbons (Fsp3) is 0.167. The summed E-state index contributed by atoms with van der Waals surface area (Å²) in [6.07, 6.45) is 0. The van der Waals surface area contributed by atoms with Crippen LogP contribution in [0.15, 0.2) is 34.1 Å². The Balaban J connectivity index is 2.11. The molecule has 0 bridgehead atoms. The highest BCUT2D eigenvalue weighted by atomic mass is 79.9. The molecule has 100 valence electrons. The molecule has 0 radical (unpaired) electrons. The molecule has 0 amide bonds. The van der Waals surface area contributed by atoms with E-state index in [1.807, 2.05) is 12.1 Å². The first-order chi connectivity index (χ1) is 9.10. The van der Waals surface area contributed by atoms with Crippen molar-refractivity contribution in [3.8, 4) is 5.75 Å². The maximum atomic E-state index is 10.8. The van der Waals surface area contributed by atoms with Gasteiger partial charge in [0.05, 0.1) is 15.8 Å². The molecular weight excluding hydrogens is 332 g/mol. The Kier molecular flexibility index (Phi) is 4.39. The quantitative estimate of drug-likeness (QED) is 0.657. The van der Waals surface area contributed by atoms with Crippen LogP contribution in [-0.4, -0.2) is 12.0 Å². The first-order valence-corrected chi connectivity index (χ1v) is 7.01. The number of thiophene rings is 1. The number of ether oxygens (including phenoxy) is 1. The maximum Gasteiger partial charge on any atom is 0.311 e. The summed E-state index contributed by atoms with van der Waals surface area (Å²) in [5, 5.41) is 14.0. The fourth-order valence-corrected chi connectivity index (χ4v) is 3.00. The SMILES string of the molecule is COc1cc(NCc2ccc(Br)s2)ccc1[N+](=O)[O-]. The lowest BCUT2D eigenvalue weighted by atomic mass is 10.2. The average molecular weight is 343 g/mol. The van der Waals surface area contributed by atoms with E-state index in [9.17, 15) is 10.1 Å². The largest absolute Gasteiger partial charge is 0.490 e. The van der Waals surface area contributed by atoms with Crippen LogP contribution in [0.1, 0.15) is 4.88 Å². The zero-order valence-electron chi connectivity index (χ0n) is 10.1. The molecule has 7 heteroatoms. The molecular formula is C12H11BrN2O3S. The van der Waals surface area contributed by atoms with E-state index in [1.165, 1.54) is 18.1 Å². The number of hydrogen-bond donors (Lipinski definition) is 1. The lowest BCUT2D eigenvalue weighted by Crippen LogP contribution is -1.99. The highest BCUT2D eigenvalue weighted by Crippen LogP contribution is 2.30. The number of nitro groups is 1. The fourth-order valence-electron chi connectivity index (χ4n) is 1.57. The molecule has 5 nitrogen and oxygen atoms in total. The summed E-state index contributed by atoms with van der Waals surface area (Å²) in [7, 11) is 1.42. The third-order valence-electron chi connectivity index (χ3n) is 2.47.